The summed E-state index contributed by atoms with van der Waals surface area (Å²) in [5.41, 5.74) is -4.11. The quantitative estimate of drug-likeness (QED) is 0.416. The zero-order chi connectivity index (χ0) is 14.7. The van der Waals surface area contributed by atoms with Crippen LogP contribution in [0, 0.1) is 3.57 Å². The summed E-state index contributed by atoms with van der Waals surface area (Å²) in [4.78, 5) is 0. The van der Waals surface area contributed by atoms with Gasteiger partial charge in [0.2, 0.25) is 0 Å². The summed E-state index contributed by atoms with van der Waals surface area (Å²) < 4.78 is 51.5. The molecule has 0 heterocycles. The van der Waals surface area contributed by atoms with Crippen LogP contribution in [0.25, 0.3) is 0 Å². The van der Waals surface area contributed by atoms with Crippen molar-refractivity contribution in [1.82, 2.24) is 0 Å². The zero-order valence-corrected chi connectivity index (χ0v) is 15.0. The van der Waals surface area contributed by atoms with E-state index in [9.17, 15) is 13.3 Å². The van der Waals surface area contributed by atoms with Crippen molar-refractivity contribution in [3.8, 4) is 0 Å². The molecule has 0 saturated carbocycles. The van der Waals surface area contributed by atoms with Gasteiger partial charge < -0.3 is 9.05 Å². The van der Waals surface area contributed by atoms with Gasteiger partial charge in [0, 0.05) is 13.6 Å². The van der Waals surface area contributed by atoms with E-state index in [1.165, 1.54) is 26.0 Å². The van der Waals surface area contributed by atoms with Gasteiger partial charge in [0.15, 0.2) is 0 Å². The molecule has 19 heavy (non-hydrogen) atoms. The van der Waals surface area contributed by atoms with Crippen LogP contribution in [-0.4, -0.2) is 13.2 Å². The Bertz CT molecular complexity index is 489. The molecule has 0 saturated heterocycles. The highest BCUT2D eigenvalue weighted by Crippen LogP contribution is 2.67. The van der Waals surface area contributed by atoms with Gasteiger partial charge in [-0.05, 0) is 54.6 Å². The number of benzene rings is 1. The second kappa shape index (κ2) is 6.93. The van der Waals surface area contributed by atoms with Crippen molar-refractivity contribution >= 4 is 46.1 Å². The maximum absolute atomic E-state index is 14.5. The summed E-state index contributed by atoms with van der Waals surface area (Å²) >= 11 is 4.95. The summed E-state index contributed by atoms with van der Waals surface area (Å²) in [6.07, 6.45) is 0. The molecule has 0 aliphatic rings. The first-order valence-electron chi connectivity index (χ1n) is 5.51. The molecule has 108 valence electrons. The zero-order valence-electron chi connectivity index (χ0n) is 10.3. The lowest BCUT2D eigenvalue weighted by Crippen LogP contribution is -2.19. The summed E-state index contributed by atoms with van der Waals surface area (Å²) in [6, 6.07) is 4.40. The van der Waals surface area contributed by atoms with Gasteiger partial charge in [0.1, 0.15) is 0 Å². The molecule has 1 rings (SSSR count). The fraction of sp³-hybridized carbons (Fsp3) is 0.455. The molecule has 0 aliphatic heterocycles. The Morgan fingerprint density at radius 3 is 2.32 bits per heavy atom. The second-order valence-electron chi connectivity index (χ2n) is 3.50. The number of rotatable bonds is 6. The molecular weight excluding hydrogens is 456 g/mol. The first-order valence-corrected chi connectivity index (χ1v) is 8.92. The molecule has 1 aromatic carbocycles. The van der Waals surface area contributed by atoms with Crippen molar-refractivity contribution in [2.24, 2.45) is 0 Å². The average molecular weight is 469 g/mol. The van der Waals surface area contributed by atoms with E-state index >= 15 is 0 Å². The minimum absolute atomic E-state index is 0.117. The SMILES string of the molecule is CCOP(=O)(OCC)C(F)(F)c1cc(I)ccc1Br. The maximum Gasteiger partial charge on any atom is 0.404 e. The lowest BCUT2D eigenvalue weighted by Gasteiger charge is -2.26. The van der Waals surface area contributed by atoms with E-state index in [2.05, 4.69) is 15.9 Å². The molecular formula is C11H13BrF2IO3P. The Balaban J connectivity index is 3.33. The van der Waals surface area contributed by atoms with Gasteiger partial charge in [-0.25, -0.2) is 0 Å². The van der Waals surface area contributed by atoms with Crippen LogP contribution in [-0.2, 0) is 19.3 Å². The lowest BCUT2D eigenvalue weighted by molar-refractivity contribution is 0.0354. The van der Waals surface area contributed by atoms with E-state index in [4.69, 9.17) is 9.05 Å². The van der Waals surface area contributed by atoms with Crippen molar-refractivity contribution in [2.75, 3.05) is 13.2 Å². The van der Waals surface area contributed by atoms with Gasteiger partial charge in [0.25, 0.3) is 0 Å². The van der Waals surface area contributed by atoms with Crippen LogP contribution in [0.5, 0.6) is 0 Å². The van der Waals surface area contributed by atoms with Gasteiger partial charge in [-0.2, -0.15) is 8.78 Å². The maximum atomic E-state index is 14.5. The number of halogens is 4. The second-order valence-corrected chi connectivity index (χ2v) is 7.67. The Kier molecular flexibility index (Phi) is 6.38. The minimum atomic E-state index is -4.56. The molecule has 0 N–H and O–H groups in total. The van der Waals surface area contributed by atoms with Crippen molar-refractivity contribution in [2.45, 2.75) is 19.5 Å². The largest absolute Gasteiger partial charge is 0.404 e. The molecule has 0 aromatic heterocycles. The van der Waals surface area contributed by atoms with E-state index in [0.29, 0.717) is 3.57 Å². The van der Waals surface area contributed by atoms with Crippen LogP contribution in [0.3, 0.4) is 0 Å². The molecule has 0 spiro atoms. The minimum Gasteiger partial charge on any atom is -0.304 e. The number of hydrogen-bond donors (Lipinski definition) is 0. The van der Waals surface area contributed by atoms with Crippen molar-refractivity contribution in [3.05, 3.63) is 31.8 Å². The Hall–Kier alpha value is 0.440. The van der Waals surface area contributed by atoms with E-state index in [1.807, 2.05) is 22.6 Å². The standard InChI is InChI=1S/C11H13BrF2IO3P/c1-3-17-19(16,18-4-2)11(13,14)9-7-8(15)5-6-10(9)12/h5-7H,3-4H2,1-2H3. The van der Waals surface area contributed by atoms with Gasteiger partial charge >= 0.3 is 13.3 Å². The predicted octanol–water partition coefficient (Wildman–Crippen LogP) is 5.37. The van der Waals surface area contributed by atoms with Crippen LogP contribution in [0.2, 0.25) is 0 Å². The highest BCUT2D eigenvalue weighted by atomic mass is 127. The van der Waals surface area contributed by atoms with Crippen LogP contribution < -0.4 is 0 Å². The third kappa shape index (κ3) is 3.75. The molecule has 0 fully saturated rings. The molecule has 0 amide bonds. The average Bonchev–Trinajstić information content (AvgIpc) is 2.32. The third-order valence-electron chi connectivity index (χ3n) is 2.19. The highest BCUT2D eigenvalue weighted by Gasteiger charge is 2.55. The molecule has 0 aliphatic carbocycles. The Morgan fingerprint density at radius 2 is 1.84 bits per heavy atom. The van der Waals surface area contributed by atoms with Gasteiger partial charge in [-0.1, -0.05) is 15.9 Å². The van der Waals surface area contributed by atoms with Crippen LogP contribution >= 0.6 is 46.1 Å². The summed E-state index contributed by atoms with van der Waals surface area (Å²) in [6.45, 7) is 2.75. The Labute approximate surface area is 132 Å². The molecule has 0 radical (unpaired) electrons. The molecule has 0 atom stereocenters. The van der Waals surface area contributed by atoms with Crippen molar-refractivity contribution in [1.29, 1.82) is 0 Å². The van der Waals surface area contributed by atoms with Gasteiger partial charge in [-0.15, -0.1) is 0 Å². The topological polar surface area (TPSA) is 35.5 Å². The van der Waals surface area contributed by atoms with E-state index < -0.39 is 18.8 Å². The van der Waals surface area contributed by atoms with Gasteiger partial charge in [-0.3, -0.25) is 4.57 Å². The first kappa shape index (κ1) is 17.5. The van der Waals surface area contributed by atoms with Crippen molar-refractivity contribution in [3.63, 3.8) is 0 Å². The fourth-order valence-electron chi connectivity index (χ4n) is 1.41. The van der Waals surface area contributed by atoms with E-state index in [1.54, 1.807) is 6.07 Å². The third-order valence-corrected chi connectivity index (χ3v) is 5.68. The smallest absolute Gasteiger partial charge is 0.304 e. The summed E-state index contributed by atoms with van der Waals surface area (Å²) in [5.74, 6) is 0. The van der Waals surface area contributed by atoms with E-state index in [0.717, 1.165) is 0 Å². The molecule has 0 unspecified atom stereocenters. The normalized spacial score (nSPS) is 12.7. The number of hydrogen-bond acceptors (Lipinski definition) is 3. The molecule has 0 bridgehead atoms. The van der Waals surface area contributed by atoms with Crippen LogP contribution in [0.1, 0.15) is 19.4 Å². The summed E-state index contributed by atoms with van der Waals surface area (Å²) in [7, 11) is -4.56. The molecule has 1 aromatic rings. The van der Waals surface area contributed by atoms with Gasteiger partial charge in [0.05, 0.1) is 13.2 Å². The van der Waals surface area contributed by atoms with Crippen molar-refractivity contribution < 1.29 is 22.4 Å². The number of alkyl halides is 2. The van der Waals surface area contributed by atoms with Crippen LogP contribution in [0.15, 0.2) is 22.7 Å². The molecule has 8 heteroatoms. The molecule has 3 nitrogen and oxygen atoms in total. The van der Waals surface area contributed by atoms with E-state index in [-0.39, 0.29) is 17.7 Å². The lowest BCUT2D eigenvalue weighted by atomic mass is 10.2. The fourth-order valence-corrected chi connectivity index (χ4v) is 4.11. The summed E-state index contributed by atoms with van der Waals surface area (Å²) in [5, 5.41) is 0. The van der Waals surface area contributed by atoms with Crippen LogP contribution in [0.4, 0.5) is 8.78 Å². The monoisotopic (exact) mass is 468 g/mol. The Morgan fingerprint density at radius 1 is 1.32 bits per heavy atom. The highest BCUT2D eigenvalue weighted by molar-refractivity contribution is 14.1. The first-order chi connectivity index (χ1) is 8.78. The predicted molar refractivity (Wildman–Crippen MR) is 81.6 cm³/mol.